The van der Waals surface area contributed by atoms with Gasteiger partial charge in [0.1, 0.15) is 5.65 Å². The van der Waals surface area contributed by atoms with Crippen LogP contribution in [0.5, 0.6) is 0 Å². The number of amides is 2. The summed E-state index contributed by atoms with van der Waals surface area (Å²) in [7, 11) is -0.959. The number of hydrogen-bond donors (Lipinski definition) is 1. The van der Waals surface area contributed by atoms with E-state index in [1.807, 2.05) is 29.2 Å². The van der Waals surface area contributed by atoms with Crippen LogP contribution >= 0.6 is 0 Å². The number of benzene rings is 1. The number of anilines is 3. The molecule has 2 aromatic heterocycles. The molecule has 41 heavy (non-hydrogen) atoms. The second-order valence-corrected chi connectivity index (χ2v) is 12.0. The second-order valence-electron chi connectivity index (χ2n) is 10.5. The fourth-order valence-corrected chi connectivity index (χ4v) is 5.67. The highest BCUT2D eigenvalue weighted by Gasteiger charge is 2.29. The molecule has 4 heterocycles. The molecule has 11 nitrogen and oxygen atoms in total. The van der Waals surface area contributed by atoms with E-state index >= 15 is 0 Å². The number of aryl methyl sites for hydroxylation is 1. The van der Waals surface area contributed by atoms with Gasteiger partial charge in [0, 0.05) is 104 Å². The SMILES string of the molecule is C=CC(=O)N1CC(CCn2c(=O)ccc3cnc(Nc4ccc(N5CCN(C(=O)CCS(C)=O)CC5)cc4)nc32)C1. The summed E-state index contributed by atoms with van der Waals surface area (Å²) in [6.07, 6.45) is 5.76. The smallest absolute Gasteiger partial charge is 0.252 e. The van der Waals surface area contributed by atoms with Crippen molar-refractivity contribution in [2.45, 2.75) is 19.4 Å². The predicted octanol–water partition coefficient (Wildman–Crippen LogP) is 1.99. The van der Waals surface area contributed by atoms with Crippen molar-refractivity contribution >= 4 is 51.0 Å². The van der Waals surface area contributed by atoms with Crippen molar-refractivity contribution in [2.75, 3.05) is 61.5 Å². The molecule has 1 unspecified atom stereocenters. The molecule has 0 saturated carbocycles. The fraction of sp³-hybridized carbons (Fsp3) is 0.414. The lowest BCUT2D eigenvalue weighted by Crippen LogP contribution is -2.49. The maximum Gasteiger partial charge on any atom is 0.252 e. The number of aromatic nitrogens is 3. The van der Waals surface area contributed by atoms with Crippen LogP contribution in [-0.2, 0) is 26.9 Å². The molecule has 12 heteroatoms. The lowest BCUT2D eigenvalue weighted by Gasteiger charge is -2.38. The molecule has 2 aliphatic heterocycles. The topological polar surface area (TPSA) is 121 Å². The van der Waals surface area contributed by atoms with Gasteiger partial charge in [0.15, 0.2) is 0 Å². The Labute approximate surface area is 241 Å². The summed E-state index contributed by atoms with van der Waals surface area (Å²) in [6.45, 7) is 8.17. The Morgan fingerprint density at radius 2 is 1.80 bits per heavy atom. The molecule has 1 atom stereocenters. The van der Waals surface area contributed by atoms with Gasteiger partial charge in [-0.25, -0.2) is 4.98 Å². The van der Waals surface area contributed by atoms with Gasteiger partial charge in [0.2, 0.25) is 17.8 Å². The molecule has 2 fully saturated rings. The van der Waals surface area contributed by atoms with Crippen LogP contribution in [0.4, 0.5) is 17.3 Å². The van der Waals surface area contributed by atoms with Gasteiger partial charge < -0.3 is 20.0 Å². The van der Waals surface area contributed by atoms with Gasteiger partial charge in [0.05, 0.1) is 0 Å². The summed E-state index contributed by atoms with van der Waals surface area (Å²) in [5.74, 6) is 1.16. The van der Waals surface area contributed by atoms with Crippen molar-refractivity contribution in [1.82, 2.24) is 24.3 Å². The van der Waals surface area contributed by atoms with E-state index < -0.39 is 10.8 Å². The minimum atomic E-state index is -0.959. The number of hydrogen-bond acceptors (Lipinski definition) is 8. The van der Waals surface area contributed by atoms with Crippen LogP contribution in [0.2, 0.25) is 0 Å². The third-order valence-corrected chi connectivity index (χ3v) is 8.43. The minimum Gasteiger partial charge on any atom is -0.368 e. The number of piperazine rings is 1. The molecule has 0 radical (unpaired) electrons. The van der Waals surface area contributed by atoms with Crippen molar-refractivity contribution in [3.8, 4) is 0 Å². The third-order valence-electron chi connectivity index (χ3n) is 7.65. The largest absolute Gasteiger partial charge is 0.368 e. The first kappa shape index (κ1) is 28.5. The number of fused-ring (bicyclic) bond motifs is 1. The maximum absolute atomic E-state index is 12.7. The Hall–Kier alpha value is -4.06. The number of likely N-dealkylation sites (tertiary alicyclic amines) is 1. The van der Waals surface area contributed by atoms with Gasteiger partial charge in [-0.3, -0.25) is 23.2 Å². The van der Waals surface area contributed by atoms with Crippen LogP contribution in [-0.4, -0.2) is 91.6 Å². The molecule has 2 aliphatic rings. The Kier molecular flexibility index (Phi) is 8.77. The van der Waals surface area contributed by atoms with Gasteiger partial charge >= 0.3 is 0 Å². The molecule has 0 spiro atoms. The van der Waals surface area contributed by atoms with Crippen LogP contribution in [0.15, 0.2) is 60.0 Å². The summed E-state index contributed by atoms with van der Waals surface area (Å²) >= 11 is 0. The van der Waals surface area contributed by atoms with Crippen LogP contribution in [0.1, 0.15) is 12.8 Å². The molecule has 5 rings (SSSR count). The molecule has 0 aliphatic carbocycles. The van der Waals surface area contributed by atoms with E-state index in [0.29, 0.717) is 62.4 Å². The van der Waals surface area contributed by atoms with E-state index in [0.717, 1.165) is 36.3 Å². The Morgan fingerprint density at radius 1 is 1.07 bits per heavy atom. The number of nitrogens with one attached hydrogen (secondary N) is 1. The summed E-state index contributed by atoms with van der Waals surface area (Å²) in [5, 5.41) is 4.02. The van der Waals surface area contributed by atoms with Gasteiger partial charge in [-0.05, 0) is 48.7 Å². The first-order valence-corrected chi connectivity index (χ1v) is 15.5. The molecular formula is C29H35N7O4S. The lowest BCUT2D eigenvalue weighted by molar-refractivity contribution is -0.132. The molecule has 216 valence electrons. The van der Waals surface area contributed by atoms with Crippen LogP contribution in [0.3, 0.4) is 0 Å². The zero-order chi connectivity index (χ0) is 28.9. The number of rotatable bonds is 10. The van der Waals surface area contributed by atoms with Crippen LogP contribution in [0.25, 0.3) is 11.0 Å². The first-order valence-electron chi connectivity index (χ1n) is 13.8. The summed E-state index contributed by atoms with van der Waals surface area (Å²) in [5.41, 5.74) is 2.34. The quantitative estimate of drug-likeness (QED) is 0.363. The zero-order valence-electron chi connectivity index (χ0n) is 23.2. The Morgan fingerprint density at radius 3 is 2.49 bits per heavy atom. The van der Waals surface area contributed by atoms with Gasteiger partial charge in [-0.15, -0.1) is 0 Å². The second kappa shape index (κ2) is 12.6. The predicted molar refractivity (Wildman–Crippen MR) is 161 cm³/mol. The zero-order valence-corrected chi connectivity index (χ0v) is 24.0. The van der Waals surface area contributed by atoms with E-state index in [1.54, 1.807) is 28.0 Å². The minimum absolute atomic E-state index is 0.0579. The average molecular weight is 578 g/mol. The molecule has 2 amide bonds. The standard InChI is InChI=1S/C29H35N7O4S/c1-3-25(37)35-19-21(20-35)10-12-36-27(39)9-4-22-18-30-29(32-28(22)36)31-23-5-7-24(8-6-23)33-13-15-34(16-14-33)26(38)11-17-41(2)40/h3-9,18,21H,1,10-17,19-20H2,2H3,(H,30,31,32). The molecule has 3 aromatic rings. The van der Waals surface area contributed by atoms with Crippen LogP contribution in [0, 0.1) is 5.92 Å². The Bertz CT molecular complexity index is 1510. The fourth-order valence-electron chi connectivity index (χ4n) is 5.21. The van der Waals surface area contributed by atoms with Crippen molar-refractivity contribution in [1.29, 1.82) is 0 Å². The average Bonchev–Trinajstić information content (AvgIpc) is 2.96. The van der Waals surface area contributed by atoms with Crippen molar-refractivity contribution < 1.29 is 13.8 Å². The molecular weight excluding hydrogens is 542 g/mol. The van der Waals surface area contributed by atoms with Gasteiger partial charge in [0.25, 0.3) is 5.56 Å². The highest BCUT2D eigenvalue weighted by Crippen LogP contribution is 2.23. The van der Waals surface area contributed by atoms with E-state index in [1.165, 1.54) is 12.1 Å². The Balaban J connectivity index is 1.19. The third kappa shape index (κ3) is 6.82. The van der Waals surface area contributed by atoms with Crippen molar-refractivity contribution in [2.24, 2.45) is 5.92 Å². The summed E-state index contributed by atoms with van der Waals surface area (Å²) < 4.78 is 13.0. The number of carbonyl (C=O) groups is 2. The lowest BCUT2D eigenvalue weighted by atomic mass is 9.96. The van der Waals surface area contributed by atoms with E-state index in [-0.39, 0.29) is 17.4 Å². The van der Waals surface area contributed by atoms with E-state index in [4.69, 9.17) is 0 Å². The monoisotopic (exact) mass is 577 g/mol. The molecule has 2 saturated heterocycles. The molecule has 1 aromatic carbocycles. The molecule has 1 N–H and O–H groups in total. The molecule has 0 bridgehead atoms. The first-order chi connectivity index (χ1) is 19.8. The van der Waals surface area contributed by atoms with Crippen molar-refractivity contribution in [3.63, 3.8) is 0 Å². The summed E-state index contributed by atoms with van der Waals surface area (Å²) in [4.78, 5) is 51.7. The van der Waals surface area contributed by atoms with Crippen LogP contribution < -0.4 is 15.8 Å². The summed E-state index contributed by atoms with van der Waals surface area (Å²) in [6, 6.07) is 11.2. The maximum atomic E-state index is 12.7. The van der Waals surface area contributed by atoms with E-state index in [9.17, 15) is 18.6 Å². The highest BCUT2D eigenvalue weighted by molar-refractivity contribution is 7.84. The van der Waals surface area contributed by atoms with E-state index in [2.05, 4.69) is 26.8 Å². The highest BCUT2D eigenvalue weighted by atomic mass is 32.2. The van der Waals surface area contributed by atoms with Gasteiger partial charge in [-0.1, -0.05) is 6.58 Å². The van der Waals surface area contributed by atoms with Crippen molar-refractivity contribution in [3.05, 3.63) is 65.6 Å². The normalized spacial score (nSPS) is 16.4. The number of carbonyl (C=O) groups excluding carboxylic acids is 2. The number of pyridine rings is 1. The van der Waals surface area contributed by atoms with Gasteiger partial charge in [-0.2, -0.15) is 4.98 Å². The number of nitrogens with zero attached hydrogens (tertiary/aromatic N) is 6.